The average Bonchev–Trinajstić information content (AvgIpc) is 3.02. The minimum atomic E-state index is -0.128. The van der Waals surface area contributed by atoms with Gasteiger partial charge in [0.25, 0.3) is 0 Å². The Morgan fingerprint density at radius 1 is 1.43 bits per heavy atom. The number of nitrogens with two attached hydrogens (primary N) is 1. The number of aromatic nitrogens is 1. The Morgan fingerprint density at radius 3 is 2.76 bits per heavy atom. The van der Waals surface area contributed by atoms with Crippen molar-refractivity contribution in [1.82, 2.24) is 9.88 Å². The summed E-state index contributed by atoms with van der Waals surface area (Å²) in [6.07, 6.45) is 9.83. The standard InChI is InChI=1S/C17H27N3O/c1-2-17(8-3-4-9-17)16(21)20(12-6-10-18)14-15-7-5-11-19-13-15/h5,7,11,13H,2-4,6,8-10,12,14,18H2,1H3. The Hall–Kier alpha value is -1.42. The summed E-state index contributed by atoms with van der Waals surface area (Å²) >= 11 is 0. The van der Waals surface area contributed by atoms with Crippen LogP contribution < -0.4 is 5.73 Å². The van der Waals surface area contributed by atoms with Crippen LogP contribution in [0.5, 0.6) is 0 Å². The first-order valence-electron chi connectivity index (χ1n) is 8.10. The van der Waals surface area contributed by atoms with Gasteiger partial charge in [0.2, 0.25) is 5.91 Å². The molecule has 0 aromatic carbocycles. The van der Waals surface area contributed by atoms with Crippen molar-refractivity contribution in [3.8, 4) is 0 Å². The van der Waals surface area contributed by atoms with Gasteiger partial charge >= 0.3 is 0 Å². The van der Waals surface area contributed by atoms with Gasteiger partial charge in [-0.1, -0.05) is 25.8 Å². The molecule has 0 bridgehead atoms. The zero-order valence-electron chi connectivity index (χ0n) is 13.1. The highest BCUT2D eigenvalue weighted by atomic mass is 16.2. The smallest absolute Gasteiger partial charge is 0.229 e. The second-order valence-electron chi connectivity index (χ2n) is 6.07. The molecule has 1 fully saturated rings. The van der Waals surface area contributed by atoms with Crippen LogP contribution in [0.15, 0.2) is 24.5 Å². The van der Waals surface area contributed by atoms with Crippen molar-refractivity contribution in [2.24, 2.45) is 11.1 Å². The quantitative estimate of drug-likeness (QED) is 0.839. The Balaban J connectivity index is 2.12. The molecule has 4 heteroatoms. The lowest BCUT2D eigenvalue weighted by Gasteiger charge is -2.34. The van der Waals surface area contributed by atoms with Crippen molar-refractivity contribution in [2.45, 2.75) is 52.0 Å². The molecule has 2 N–H and O–H groups in total. The molecular formula is C17H27N3O. The fourth-order valence-corrected chi connectivity index (χ4v) is 3.35. The summed E-state index contributed by atoms with van der Waals surface area (Å²) < 4.78 is 0. The molecule has 116 valence electrons. The molecular weight excluding hydrogens is 262 g/mol. The molecule has 1 aromatic heterocycles. The van der Waals surface area contributed by atoms with Crippen LogP contribution in [0.3, 0.4) is 0 Å². The molecule has 4 nitrogen and oxygen atoms in total. The summed E-state index contributed by atoms with van der Waals surface area (Å²) in [6.45, 7) is 4.16. The van der Waals surface area contributed by atoms with Crippen molar-refractivity contribution in [2.75, 3.05) is 13.1 Å². The average molecular weight is 289 g/mol. The molecule has 1 amide bonds. The highest BCUT2D eigenvalue weighted by molar-refractivity contribution is 5.83. The summed E-state index contributed by atoms with van der Waals surface area (Å²) in [6, 6.07) is 3.95. The highest BCUT2D eigenvalue weighted by Gasteiger charge is 2.41. The summed E-state index contributed by atoms with van der Waals surface area (Å²) in [7, 11) is 0. The van der Waals surface area contributed by atoms with Crippen LogP contribution in [0.25, 0.3) is 0 Å². The molecule has 21 heavy (non-hydrogen) atoms. The van der Waals surface area contributed by atoms with E-state index in [0.29, 0.717) is 19.0 Å². The predicted octanol–water partition coefficient (Wildman–Crippen LogP) is 2.73. The van der Waals surface area contributed by atoms with E-state index in [0.717, 1.165) is 37.8 Å². The molecule has 1 aromatic rings. The number of hydrogen-bond donors (Lipinski definition) is 1. The van der Waals surface area contributed by atoms with E-state index in [9.17, 15) is 4.79 Å². The number of hydrogen-bond acceptors (Lipinski definition) is 3. The van der Waals surface area contributed by atoms with E-state index >= 15 is 0 Å². The van der Waals surface area contributed by atoms with Gasteiger partial charge in [-0.2, -0.15) is 0 Å². The van der Waals surface area contributed by atoms with Gasteiger partial charge in [0, 0.05) is 30.9 Å². The van der Waals surface area contributed by atoms with Gasteiger partial charge in [-0.25, -0.2) is 0 Å². The molecule has 0 saturated heterocycles. The molecule has 0 atom stereocenters. The lowest BCUT2D eigenvalue weighted by Crippen LogP contribution is -2.43. The second kappa shape index (κ2) is 7.55. The minimum absolute atomic E-state index is 0.128. The molecule has 2 rings (SSSR count). The molecule has 1 saturated carbocycles. The summed E-state index contributed by atoms with van der Waals surface area (Å²) in [5, 5.41) is 0. The number of rotatable bonds is 7. The highest BCUT2D eigenvalue weighted by Crippen LogP contribution is 2.42. The number of carbonyl (C=O) groups is 1. The maximum atomic E-state index is 13.1. The van der Waals surface area contributed by atoms with Gasteiger partial charge in [-0.05, 0) is 43.9 Å². The third-order valence-electron chi connectivity index (χ3n) is 4.71. The first kappa shape index (κ1) is 16.0. The molecule has 0 radical (unpaired) electrons. The monoisotopic (exact) mass is 289 g/mol. The zero-order chi connectivity index (χ0) is 15.1. The SMILES string of the molecule is CCC1(C(=O)N(CCCN)Cc2cccnc2)CCCC1. The second-order valence-corrected chi connectivity index (χ2v) is 6.07. The van der Waals surface area contributed by atoms with E-state index in [-0.39, 0.29) is 5.41 Å². The van der Waals surface area contributed by atoms with Crippen molar-refractivity contribution < 1.29 is 4.79 Å². The van der Waals surface area contributed by atoms with E-state index in [4.69, 9.17) is 5.73 Å². The maximum Gasteiger partial charge on any atom is 0.229 e. The lowest BCUT2D eigenvalue weighted by molar-refractivity contribution is -0.143. The van der Waals surface area contributed by atoms with Gasteiger partial charge in [0.05, 0.1) is 0 Å². The van der Waals surface area contributed by atoms with E-state index in [1.165, 1.54) is 12.8 Å². The van der Waals surface area contributed by atoms with Crippen LogP contribution in [0.2, 0.25) is 0 Å². The molecule has 0 aliphatic heterocycles. The lowest BCUT2D eigenvalue weighted by atomic mass is 9.81. The Kier molecular flexibility index (Phi) is 5.74. The summed E-state index contributed by atoms with van der Waals surface area (Å²) in [4.78, 5) is 19.2. The van der Waals surface area contributed by atoms with Crippen molar-refractivity contribution >= 4 is 5.91 Å². The fraction of sp³-hybridized carbons (Fsp3) is 0.647. The molecule has 0 spiro atoms. The largest absolute Gasteiger partial charge is 0.338 e. The minimum Gasteiger partial charge on any atom is -0.338 e. The van der Waals surface area contributed by atoms with Crippen molar-refractivity contribution in [3.63, 3.8) is 0 Å². The molecule has 1 aliphatic carbocycles. The van der Waals surface area contributed by atoms with Crippen molar-refractivity contribution in [1.29, 1.82) is 0 Å². The van der Waals surface area contributed by atoms with Crippen LogP contribution in [0.1, 0.15) is 51.0 Å². The zero-order valence-corrected chi connectivity index (χ0v) is 13.1. The van der Waals surface area contributed by atoms with Crippen molar-refractivity contribution in [3.05, 3.63) is 30.1 Å². The van der Waals surface area contributed by atoms with E-state index in [2.05, 4.69) is 11.9 Å². The number of amides is 1. The van der Waals surface area contributed by atoms with Gasteiger partial charge in [-0.3, -0.25) is 9.78 Å². The number of pyridine rings is 1. The Labute approximate surface area is 127 Å². The van der Waals surface area contributed by atoms with Gasteiger partial charge in [0.15, 0.2) is 0 Å². The van der Waals surface area contributed by atoms with Crippen LogP contribution in [-0.2, 0) is 11.3 Å². The third-order valence-corrected chi connectivity index (χ3v) is 4.71. The fourth-order valence-electron chi connectivity index (χ4n) is 3.35. The first-order chi connectivity index (χ1) is 10.2. The van der Waals surface area contributed by atoms with Gasteiger partial charge in [-0.15, -0.1) is 0 Å². The Bertz CT molecular complexity index is 441. The third kappa shape index (κ3) is 3.82. The number of carbonyl (C=O) groups excluding carboxylic acids is 1. The van der Waals surface area contributed by atoms with E-state index in [1.807, 2.05) is 23.2 Å². The predicted molar refractivity (Wildman–Crippen MR) is 84.5 cm³/mol. The molecule has 0 unspecified atom stereocenters. The molecule has 1 aliphatic rings. The maximum absolute atomic E-state index is 13.1. The summed E-state index contributed by atoms with van der Waals surface area (Å²) in [5.74, 6) is 0.319. The normalized spacial score (nSPS) is 16.9. The first-order valence-corrected chi connectivity index (χ1v) is 8.10. The number of nitrogens with zero attached hydrogens (tertiary/aromatic N) is 2. The summed E-state index contributed by atoms with van der Waals surface area (Å²) in [5.41, 5.74) is 6.60. The molecule has 1 heterocycles. The van der Waals surface area contributed by atoms with Crippen LogP contribution in [0, 0.1) is 5.41 Å². The van der Waals surface area contributed by atoms with E-state index < -0.39 is 0 Å². The Morgan fingerprint density at radius 2 is 2.19 bits per heavy atom. The van der Waals surface area contributed by atoms with Gasteiger partial charge in [0.1, 0.15) is 0 Å². The van der Waals surface area contributed by atoms with Gasteiger partial charge < -0.3 is 10.6 Å². The van der Waals surface area contributed by atoms with E-state index in [1.54, 1.807) is 6.20 Å². The topological polar surface area (TPSA) is 59.2 Å². The van der Waals surface area contributed by atoms with Crippen LogP contribution in [-0.4, -0.2) is 28.9 Å². The van der Waals surface area contributed by atoms with Crippen LogP contribution in [0.4, 0.5) is 0 Å². The van der Waals surface area contributed by atoms with Crippen LogP contribution >= 0.6 is 0 Å².